The summed E-state index contributed by atoms with van der Waals surface area (Å²) in [6.45, 7) is 2.24. The number of amides is 1. The molecule has 0 atom stereocenters. The van der Waals surface area contributed by atoms with Gasteiger partial charge in [0.25, 0.3) is 5.91 Å². The van der Waals surface area contributed by atoms with Crippen molar-refractivity contribution in [3.63, 3.8) is 0 Å². The first kappa shape index (κ1) is 15.7. The summed E-state index contributed by atoms with van der Waals surface area (Å²) >= 11 is 12.1. The Morgan fingerprint density at radius 1 is 1.19 bits per heavy atom. The van der Waals surface area contributed by atoms with Gasteiger partial charge < -0.3 is 10.6 Å². The summed E-state index contributed by atoms with van der Waals surface area (Å²) in [5.74, 6) is -0.146. The van der Waals surface area contributed by atoms with Crippen LogP contribution in [0.1, 0.15) is 21.5 Å². The maximum absolute atomic E-state index is 12.5. The van der Waals surface area contributed by atoms with E-state index < -0.39 is 0 Å². The molecule has 21 heavy (non-hydrogen) atoms. The lowest BCUT2D eigenvalue weighted by atomic mass is 10.1. The number of carbonyl (C=O) groups is 1. The first-order valence-electron chi connectivity index (χ1n) is 6.45. The molecule has 0 spiro atoms. The Morgan fingerprint density at radius 3 is 2.57 bits per heavy atom. The van der Waals surface area contributed by atoms with Crippen molar-refractivity contribution < 1.29 is 4.79 Å². The van der Waals surface area contributed by atoms with Crippen LogP contribution in [0.5, 0.6) is 0 Å². The fourth-order valence-electron chi connectivity index (χ4n) is 2.07. The van der Waals surface area contributed by atoms with Gasteiger partial charge in [0.1, 0.15) is 0 Å². The summed E-state index contributed by atoms with van der Waals surface area (Å²) in [6.07, 6.45) is 0. The van der Waals surface area contributed by atoms with Crippen LogP contribution in [-0.4, -0.2) is 17.9 Å². The van der Waals surface area contributed by atoms with Gasteiger partial charge in [0, 0.05) is 19.3 Å². The number of carbonyl (C=O) groups excluding carboxylic acids is 1. The molecule has 2 aromatic carbocycles. The smallest absolute Gasteiger partial charge is 0.255 e. The maximum Gasteiger partial charge on any atom is 0.255 e. The van der Waals surface area contributed by atoms with E-state index >= 15 is 0 Å². The molecule has 2 aromatic rings. The zero-order valence-corrected chi connectivity index (χ0v) is 13.4. The normalized spacial score (nSPS) is 10.5. The van der Waals surface area contributed by atoms with Gasteiger partial charge in [-0.25, -0.2) is 0 Å². The van der Waals surface area contributed by atoms with Crippen LogP contribution in [0, 0.1) is 6.92 Å². The molecular weight excluding hydrogens is 307 g/mol. The van der Waals surface area contributed by atoms with E-state index in [9.17, 15) is 4.79 Å². The molecule has 2 N–H and O–H groups in total. The number of aryl methyl sites for hydroxylation is 1. The second kappa shape index (κ2) is 6.37. The molecule has 0 aromatic heterocycles. The molecular formula is C16H16Cl2N2O. The summed E-state index contributed by atoms with van der Waals surface area (Å²) < 4.78 is 0. The second-order valence-electron chi connectivity index (χ2n) is 4.91. The Kier molecular flexibility index (Phi) is 4.76. The first-order valence-corrected chi connectivity index (χ1v) is 7.21. The lowest BCUT2D eigenvalue weighted by molar-refractivity contribution is 0.0786. The Balaban J connectivity index is 2.24. The van der Waals surface area contributed by atoms with Crippen LogP contribution in [0.25, 0.3) is 0 Å². The third kappa shape index (κ3) is 3.31. The summed E-state index contributed by atoms with van der Waals surface area (Å²) in [6, 6.07) is 10.8. The van der Waals surface area contributed by atoms with Crippen LogP contribution in [0.4, 0.5) is 5.69 Å². The molecule has 0 aliphatic rings. The van der Waals surface area contributed by atoms with E-state index in [2.05, 4.69) is 0 Å². The van der Waals surface area contributed by atoms with Crippen molar-refractivity contribution in [1.29, 1.82) is 0 Å². The van der Waals surface area contributed by atoms with E-state index in [1.54, 1.807) is 24.1 Å². The van der Waals surface area contributed by atoms with Crippen molar-refractivity contribution in [3.8, 4) is 0 Å². The molecule has 5 heteroatoms. The van der Waals surface area contributed by atoms with E-state index in [1.807, 2.05) is 31.2 Å². The molecule has 0 saturated heterocycles. The van der Waals surface area contributed by atoms with Crippen molar-refractivity contribution in [1.82, 2.24) is 4.90 Å². The van der Waals surface area contributed by atoms with E-state index in [4.69, 9.17) is 28.9 Å². The van der Waals surface area contributed by atoms with Crippen molar-refractivity contribution >= 4 is 34.8 Å². The van der Waals surface area contributed by atoms with Gasteiger partial charge in [-0.15, -0.1) is 0 Å². The summed E-state index contributed by atoms with van der Waals surface area (Å²) in [4.78, 5) is 14.1. The van der Waals surface area contributed by atoms with E-state index in [0.29, 0.717) is 27.8 Å². The highest BCUT2D eigenvalue weighted by molar-refractivity contribution is 6.42. The van der Waals surface area contributed by atoms with Gasteiger partial charge in [-0.05, 0) is 30.2 Å². The highest BCUT2D eigenvalue weighted by Crippen LogP contribution is 2.27. The molecule has 3 nitrogen and oxygen atoms in total. The monoisotopic (exact) mass is 322 g/mol. The fourth-order valence-corrected chi connectivity index (χ4v) is 2.45. The Bertz CT molecular complexity index is 686. The van der Waals surface area contributed by atoms with Crippen molar-refractivity contribution in [3.05, 3.63) is 63.1 Å². The average Bonchev–Trinajstić information content (AvgIpc) is 2.46. The number of nitrogens with two attached hydrogens (primary N) is 1. The van der Waals surface area contributed by atoms with Crippen molar-refractivity contribution in [2.24, 2.45) is 0 Å². The lowest BCUT2D eigenvalue weighted by Gasteiger charge is -2.19. The lowest BCUT2D eigenvalue weighted by Crippen LogP contribution is -2.27. The zero-order chi connectivity index (χ0) is 15.6. The molecule has 0 fully saturated rings. The number of benzene rings is 2. The number of hydrogen-bond acceptors (Lipinski definition) is 2. The first-order chi connectivity index (χ1) is 9.91. The van der Waals surface area contributed by atoms with Gasteiger partial charge >= 0.3 is 0 Å². The fraction of sp³-hybridized carbons (Fsp3) is 0.188. The third-order valence-electron chi connectivity index (χ3n) is 3.34. The predicted octanol–water partition coefficient (Wildman–Crippen LogP) is 4.16. The van der Waals surface area contributed by atoms with Crippen LogP contribution in [0.2, 0.25) is 10.0 Å². The van der Waals surface area contributed by atoms with Crippen LogP contribution in [0.15, 0.2) is 36.4 Å². The molecule has 0 bridgehead atoms. The van der Waals surface area contributed by atoms with Crippen LogP contribution >= 0.6 is 23.2 Å². The Hall–Kier alpha value is -1.71. The summed E-state index contributed by atoms with van der Waals surface area (Å²) in [7, 11) is 1.71. The van der Waals surface area contributed by atoms with E-state index in [0.717, 1.165) is 11.1 Å². The number of hydrogen-bond donors (Lipinski definition) is 1. The van der Waals surface area contributed by atoms with Gasteiger partial charge in [-0.1, -0.05) is 47.5 Å². The molecule has 0 aliphatic heterocycles. The van der Waals surface area contributed by atoms with Gasteiger partial charge in [0.05, 0.1) is 15.6 Å². The molecule has 0 saturated carbocycles. The zero-order valence-electron chi connectivity index (χ0n) is 11.9. The molecule has 1 amide bonds. The minimum absolute atomic E-state index is 0.146. The largest absolute Gasteiger partial charge is 0.398 e. The van der Waals surface area contributed by atoms with Crippen molar-refractivity contribution in [2.45, 2.75) is 13.5 Å². The molecule has 110 valence electrons. The standard InChI is InChI=1S/C16H16Cl2N2O/c1-10-5-3-7-12(15(10)19)16(21)20(2)9-11-6-4-8-13(17)14(11)18/h3-8H,9,19H2,1-2H3. The quantitative estimate of drug-likeness (QED) is 0.862. The maximum atomic E-state index is 12.5. The number of rotatable bonds is 3. The number of anilines is 1. The van der Waals surface area contributed by atoms with Crippen molar-refractivity contribution in [2.75, 3.05) is 12.8 Å². The SMILES string of the molecule is Cc1cccc(C(=O)N(C)Cc2cccc(Cl)c2Cl)c1N. The molecule has 0 radical (unpaired) electrons. The molecule has 0 heterocycles. The van der Waals surface area contributed by atoms with Gasteiger partial charge in [0.2, 0.25) is 0 Å². The topological polar surface area (TPSA) is 46.3 Å². The van der Waals surface area contributed by atoms with Gasteiger partial charge in [-0.3, -0.25) is 4.79 Å². The molecule has 2 rings (SSSR count). The predicted molar refractivity (Wildman–Crippen MR) is 87.9 cm³/mol. The van der Waals surface area contributed by atoms with E-state index in [-0.39, 0.29) is 5.91 Å². The highest BCUT2D eigenvalue weighted by atomic mass is 35.5. The van der Waals surface area contributed by atoms with Crippen LogP contribution < -0.4 is 5.73 Å². The van der Waals surface area contributed by atoms with Crippen LogP contribution in [0.3, 0.4) is 0 Å². The van der Waals surface area contributed by atoms with Gasteiger partial charge in [-0.2, -0.15) is 0 Å². The number of halogens is 2. The summed E-state index contributed by atoms with van der Waals surface area (Å²) in [5.41, 5.74) is 8.66. The highest BCUT2D eigenvalue weighted by Gasteiger charge is 2.17. The number of para-hydroxylation sites is 1. The Morgan fingerprint density at radius 2 is 1.86 bits per heavy atom. The Labute approximate surface area is 134 Å². The minimum atomic E-state index is -0.146. The average molecular weight is 323 g/mol. The van der Waals surface area contributed by atoms with Gasteiger partial charge in [0.15, 0.2) is 0 Å². The minimum Gasteiger partial charge on any atom is -0.398 e. The van der Waals surface area contributed by atoms with E-state index in [1.165, 1.54) is 0 Å². The number of nitrogen functional groups attached to an aromatic ring is 1. The second-order valence-corrected chi connectivity index (χ2v) is 5.70. The van der Waals surface area contributed by atoms with Crippen LogP contribution in [-0.2, 0) is 6.54 Å². The molecule has 0 aliphatic carbocycles. The summed E-state index contributed by atoms with van der Waals surface area (Å²) in [5, 5.41) is 0.945. The third-order valence-corrected chi connectivity index (χ3v) is 4.20. The number of nitrogens with zero attached hydrogens (tertiary/aromatic N) is 1. The molecule has 0 unspecified atom stereocenters.